The number of fused-ring (bicyclic) bond motifs is 1. The summed E-state index contributed by atoms with van der Waals surface area (Å²) >= 11 is 0. The van der Waals surface area contributed by atoms with E-state index in [9.17, 15) is 0 Å². The largest absolute Gasteiger partial charge is 0.321 e. The smallest absolute Gasteiger partial charge is 0.0411 e. The molecular weight excluding hydrogens is 206 g/mol. The zero-order chi connectivity index (χ0) is 9.60. The van der Waals surface area contributed by atoms with Crippen molar-refractivity contribution in [2.45, 2.75) is 18.4 Å². The van der Waals surface area contributed by atoms with Gasteiger partial charge in [0.05, 0.1) is 0 Å². The van der Waals surface area contributed by atoms with Crippen LogP contribution in [0.1, 0.15) is 18.4 Å². The van der Waals surface area contributed by atoms with E-state index < -0.39 is 0 Å². The van der Waals surface area contributed by atoms with Gasteiger partial charge < -0.3 is 5.73 Å². The Kier molecular flexibility index (Phi) is 2.45. The fourth-order valence-corrected chi connectivity index (χ4v) is 1.92. The Morgan fingerprint density at radius 2 is 1.60 bits per heavy atom. The summed E-state index contributed by atoms with van der Waals surface area (Å²) in [7, 11) is 0. The monoisotopic (exact) mass is 219 g/mol. The lowest BCUT2D eigenvalue weighted by Crippen LogP contribution is -2.18. The number of halogens is 1. The Morgan fingerprint density at radius 1 is 0.933 bits per heavy atom. The Balaban J connectivity index is 0.000000853. The lowest BCUT2D eigenvalue weighted by Gasteiger charge is -2.09. The Bertz CT molecular complexity index is 489. The summed E-state index contributed by atoms with van der Waals surface area (Å²) in [5.41, 5.74) is 7.44. The summed E-state index contributed by atoms with van der Waals surface area (Å²) in [6.07, 6.45) is 2.26. The van der Waals surface area contributed by atoms with E-state index in [-0.39, 0.29) is 17.9 Å². The lowest BCUT2D eigenvalue weighted by molar-refractivity contribution is 0.741. The van der Waals surface area contributed by atoms with Gasteiger partial charge in [-0.15, -0.1) is 12.4 Å². The maximum Gasteiger partial charge on any atom is 0.0411 e. The van der Waals surface area contributed by atoms with Crippen LogP contribution in [-0.2, 0) is 5.54 Å². The second kappa shape index (κ2) is 3.51. The van der Waals surface area contributed by atoms with E-state index in [4.69, 9.17) is 5.73 Å². The van der Waals surface area contributed by atoms with Gasteiger partial charge in [0.2, 0.25) is 0 Å². The minimum atomic E-state index is -0.00989. The van der Waals surface area contributed by atoms with Crippen molar-refractivity contribution in [3.8, 4) is 0 Å². The van der Waals surface area contributed by atoms with Gasteiger partial charge in [0.25, 0.3) is 0 Å². The van der Waals surface area contributed by atoms with Crippen LogP contribution >= 0.6 is 12.4 Å². The van der Waals surface area contributed by atoms with Crippen molar-refractivity contribution in [2.24, 2.45) is 5.73 Å². The third-order valence-electron chi connectivity index (χ3n) is 3.11. The summed E-state index contributed by atoms with van der Waals surface area (Å²) in [6.45, 7) is 0. The number of benzene rings is 2. The average molecular weight is 220 g/mol. The molecule has 0 atom stereocenters. The second-order valence-electron chi connectivity index (χ2n) is 4.22. The van der Waals surface area contributed by atoms with Crippen molar-refractivity contribution in [2.75, 3.05) is 0 Å². The summed E-state index contributed by atoms with van der Waals surface area (Å²) < 4.78 is 0. The highest BCUT2D eigenvalue weighted by atomic mass is 35.5. The molecule has 2 aromatic carbocycles. The normalized spacial score (nSPS) is 17.1. The first kappa shape index (κ1) is 10.5. The maximum atomic E-state index is 6.16. The molecule has 1 saturated carbocycles. The van der Waals surface area contributed by atoms with E-state index >= 15 is 0 Å². The zero-order valence-electron chi connectivity index (χ0n) is 8.44. The van der Waals surface area contributed by atoms with Gasteiger partial charge in [-0.25, -0.2) is 0 Å². The van der Waals surface area contributed by atoms with E-state index in [1.807, 2.05) is 0 Å². The van der Waals surface area contributed by atoms with Gasteiger partial charge in [0.15, 0.2) is 0 Å². The van der Waals surface area contributed by atoms with Crippen LogP contribution in [0, 0.1) is 0 Å². The number of nitrogens with two attached hydrogens (primary N) is 1. The van der Waals surface area contributed by atoms with Crippen molar-refractivity contribution in [3.05, 3.63) is 48.0 Å². The zero-order valence-corrected chi connectivity index (χ0v) is 9.26. The predicted molar refractivity (Wildman–Crippen MR) is 66.3 cm³/mol. The fourth-order valence-electron chi connectivity index (χ4n) is 1.92. The van der Waals surface area contributed by atoms with Crippen LogP contribution in [0.15, 0.2) is 42.5 Å². The number of rotatable bonds is 1. The van der Waals surface area contributed by atoms with E-state index in [1.165, 1.54) is 16.3 Å². The van der Waals surface area contributed by atoms with Crippen LogP contribution < -0.4 is 5.73 Å². The molecule has 0 radical (unpaired) electrons. The molecule has 3 rings (SSSR count). The third kappa shape index (κ3) is 1.73. The molecule has 0 spiro atoms. The summed E-state index contributed by atoms with van der Waals surface area (Å²) in [4.78, 5) is 0. The molecule has 0 heterocycles. The molecule has 1 aliphatic rings. The highest BCUT2D eigenvalue weighted by Crippen LogP contribution is 2.43. The molecule has 0 aromatic heterocycles. The first-order valence-electron chi connectivity index (χ1n) is 5.06. The van der Waals surface area contributed by atoms with Crippen LogP contribution in [0.25, 0.3) is 10.8 Å². The second-order valence-corrected chi connectivity index (χ2v) is 4.22. The maximum absolute atomic E-state index is 6.16. The van der Waals surface area contributed by atoms with Crippen LogP contribution in [0.3, 0.4) is 0 Å². The molecule has 2 aromatic rings. The van der Waals surface area contributed by atoms with E-state index in [1.54, 1.807) is 0 Å². The van der Waals surface area contributed by atoms with Crippen molar-refractivity contribution < 1.29 is 0 Å². The topological polar surface area (TPSA) is 26.0 Å². The number of hydrogen-bond acceptors (Lipinski definition) is 1. The van der Waals surface area contributed by atoms with E-state index in [0.29, 0.717) is 0 Å². The minimum absolute atomic E-state index is 0. The standard InChI is InChI=1S/C13H13N.ClH/c14-13(7-8-13)12-6-5-10-3-1-2-4-11(10)9-12;/h1-6,9H,7-8,14H2;1H. The lowest BCUT2D eigenvalue weighted by atomic mass is 10.0. The molecule has 0 bridgehead atoms. The van der Waals surface area contributed by atoms with Crippen LogP contribution in [0.4, 0.5) is 0 Å². The van der Waals surface area contributed by atoms with Gasteiger partial charge >= 0.3 is 0 Å². The van der Waals surface area contributed by atoms with Crippen molar-refractivity contribution in [1.82, 2.24) is 0 Å². The highest BCUT2D eigenvalue weighted by Gasteiger charge is 2.39. The summed E-state index contributed by atoms with van der Waals surface area (Å²) in [6, 6.07) is 15.0. The summed E-state index contributed by atoms with van der Waals surface area (Å²) in [5.74, 6) is 0. The van der Waals surface area contributed by atoms with Gasteiger partial charge in [0.1, 0.15) is 0 Å². The van der Waals surface area contributed by atoms with Crippen molar-refractivity contribution in [1.29, 1.82) is 0 Å². The van der Waals surface area contributed by atoms with Gasteiger partial charge in [-0.2, -0.15) is 0 Å². The van der Waals surface area contributed by atoms with Gasteiger partial charge in [-0.05, 0) is 35.2 Å². The first-order valence-corrected chi connectivity index (χ1v) is 5.06. The average Bonchev–Trinajstić information content (AvgIpc) is 2.97. The fraction of sp³-hybridized carbons (Fsp3) is 0.231. The van der Waals surface area contributed by atoms with E-state index in [0.717, 1.165) is 12.8 Å². The van der Waals surface area contributed by atoms with Gasteiger partial charge in [-0.3, -0.25) is 0 Å². The number of hydrogen-bond donors (Lipinski definition) is 1. The molecular formula is C13H14ClN. The van der Waals surface area contributed by atoms with Crippen molar-refractivity contribution in [3.63, 3.8) is 0 Å². The summed E-state index contributed by atoms with van der Waals surface area (Å²) in [5, 5.41) is 2.59. The molecule has 0 unspecified atom stereocenters. The van der Waals surface area contributed by atoms with Crippen LogP contribution in [0.2, 0.25) is 0 Å². The molecule has 1 aliphatic carbocycles. The molecule has 0 saturated heterocycles. The molecule has 2 heteroatoms. The van der Waals surface area contributed by atoms with E-state index in [2.05, 4.69) is 42.5 Å². The predicted octanol–water partition coefficient (Wildman–Crippen LogP) is 3.21. The Hall–Kier alpha value is -1.05. The quantitative estimate of drug-likeness (QED) is 0.783. The molecule has 0 aliphatic heterocycles. The van der Waals surface area contributed by atoms with Gasteiger partial charge in [0, 0.05) is 5.54 Å². The molecule has 0 amide bonds. The molecule has 15 heavy (non-hydrogen) atoms. The Labute approximate surface area is 95.7 Å². The van der Waals surface area contributed by atoms with Crippen LogP contribution in [-0.4, -0.2) is 0 Å². The SMILES string of the molecule is Cl.NC1(c2ccc3ccccc3c2)CC1. The third-order valence-corrected chi connectivity index (χ3v) is 3.11. The molecule has 1 fully saturated rings. The molecule has 1 nitrogen and oxygen atoms in total. The highest BCUT2D eigenvalue weighted by molar-refractivity contribution is 5.85. The first-order chi connectivity index (χ1) is 6.78. The van der Waals surface area contributed by atoms with Crippen LogP contribution in [0.5, 0.6) is 0 Å². The van der Waals surface area contributed by atoms with Crippen molar-refractivity contribution >= 4 is 23.2 Å². The Morgan fingerprint density at radius 3 is 2.27 bits per heavy atom. The molecule has 2 N–H and O–H groups in total. The minimum Gasteiger partial charge on any atom is -0.321 e. The molecule has 78 valence electrons. The van der Waals surface area contributed by atoms with Gasteiger partial charge in [-0.1, -0.05) is 36.4 Å².